The SMILES string of the molecule is CC(C)(OC1OC(CO)C(O)C(O)C1O)C1CCC(C)(C2C(O)CC3(C)C4CC(O)C5C(C)(C)C(OC6OC(CO)C(O)C(O)C6OC(CO)(CO)CC=O)CCC56CC46CCC23C)O1. The van der Waals surface area contributed by atoms with Crippen molar-refractivity contribution in [2.75, 3.05) is 26.4 Å². The van der Waals surface area contributed by atoms with Gasteiger partial charge in [-0.2, -0.15) is 0 Å². The second-order valence-corrected chi connectivity index (χ2v) is 23.4. The Labute approximate surface area is 381 Å². The fourth-order valence-corrected chi connectivity index (χ4v) is 16.1. The Balaban J connectivity index is 1.00. The van der Waals surface area contributed by atoms with Gasteiger partial charge in [0.25, 0.3) is 0 Å². The van der Waals surface area contributed by atoms with Crippen molar-refractivity contribution in [3.05, 3.63) is 0 Å². The fraction of sp³-hybridized carbons (Fsp3) is 0.979. The molecule has 0 aromatic heterocycles. The van der Waals surface area contributed by atoms with E-state index in [1.807, 2.05) is 13.8 Å². The molecule has 18 nitrogen and oxygen atoms in total. The first-order valence-electron chi connectivity index (χ1n) is 24.0. The molecule has 22 atom stereocenters. The predicted octanol–water partition coefficient (Wildman–Crippen LogP) is -0.578. The van der Waals surface area contributed by atoms with Crippen LogP contribution in [0, 0.1) is 44.8 Å². The number of hydrogen-bond donors (Lipinski definition) is 11. The number of hydrogen-bond acceptors (Lipinski definition) is 18. The zero-order valence-electron chi connectivity index (χ0n) is 39.1. The van der Waals surface area contributed by atoms with Gasteiger partial charge in [0.15, 0.2) is 12.6 Å². The first-order chi connectivity index (χ1) is 30.3. The topological polar surface area (TPSA) is 295 Å². The summed E-state index contributed by atoms with van der Waals surface area (Å²) in [5.41, 5.74) is -5.28. The van der Waals surface area contributed by atoms with E-state index in [-0.39, 0.29) is 39.4 Å². The van der Waals surface area contributed by atoms with Gasteiger partial charge >= 0.3 is 0 Å². The summed E-state index contributed by atoms with van der Waals surface area (Å²) >= 11 is 0. The van der Waals surface area contributed by atoms with E-state index in [1.165, 1.54) is 0 Å². The highest BCUT2D eigenvalue weighted by molar-refractivity contribution is 5.51. The summed E-state index contributed by atoms with van der Waals surface area (Å²) in [6, 6.07) is 0. The minimum atomic E-state index is -1.80. The standard InChI is InChI=1S/C47H78O18/c1-40(2)28(62-39-35(33(58)31(56)26(19-50)61-39)64-45(21-51,22-52)14-15-48)9-11-47-20-46(47)13-12-42(5)37(24(54)17-43(42,6)27(46)16-23(53)36(40)47)44(7)10-8-29(63-44)41(3,4)65-38-34(59)32(57)30(55)25(18-49)60-38/h15,23-39,49-59H,8-14,16-22H2,1-7H3. The summed E-state index contributed by atoms with van der Waals surface area (Å²) in [4.78, 5) is 11.6. The molecule has 5 aliphatic carbocycles. The number of aldehydes is 1. The number of carbonyl (C=O) groups excluding carboxylic acids is 1. The highest BCUT2D eigenvalue weighted by atomic mass is 16.7. The van der Waals surface area contributed by atoms with Gasteiger partial charge in [-0.25, -0.2) is 0 Å². The Morgan fingerprint density at radius 1 is 0.677 bits per heavy atom. The fourth-order valence-electron chi connectivity index (χ4n) is 16.1. The second-order valence-electron chi connectivity index (χ2n) is 23.4. The van der Waals surface area contributed by atoms with Gasteiger partial charge in [-0.3, -0.25) is 0 Å². The summed E-state index contributed by atoms with van der Waals surface area (Å²) in [6.45, 7) is 11.7. The molecule has 0 bridgehead atoms. The van der Waals surface area contributed by atoms with E-state index in [1.54, 1.807) is 0 Å². The molecular weight excluding hydrogens is 852 g/mol. The van der Waals surface area contributed by atoms with E-state index in [0.717, 1.165) is 25.7 Å². The van der Waals surface area contributed by atoms with Crippen LogP contribution in [0.15, 0.2) is 0 Å². The van der Waals surface area contributed by atoms with Crippen LogP contribution in [0.3, 0.4) is 0 Å². The van der Waals surface area contributed by atoms with Crippen molar-refractivity contribution < 1.29 is 89.4 Å². The zero-order chi connectivity index (χ0) is 47.7. The molecule has 8 fully saturated rings. The van der Waals surface area contributed by atoms with E-state index in [9.17, 15) is 61.0 Å². The van der Waals surface area contributed by atoms with Crippen LogP contribution in [0.5, 0.6) is 0 Å². The van der Waals surface area contributed by atoms with Crippen molar-refractivity contribution in [1.29, 1.82) is 0 Å². The summed E-state index contributed by atoms with van der Waals surface area (Å²) in [5, 5.41) is 119. The second kappa shape index (κ2) is 17.1. The highest BCUT2D eigenvalue weighted by Gasteiger charge is 2.85. The molecule has 0 radical (unpaired) electrons. The summed E-state index contributed by atoms with van der Waals surface area (Å²) in [7, 11) is 0. The summed E-state index contributed by atoms with van der Waals surface area (Å²) in [5.74, 6) is -0.345. The molecule has 65 heavy (non-hydrogen) atoms. The van der Waals surface area contributed by atoms with Crippen LogP contribution in [-0.2, 0) is 33.2 Å². The van der Waals surface area contributed by atoms with E-state index in [4.69, 9.17) is 28.4 Å². The average Bonchev–Trinajstić information content (AvgIpc) is 3.61. The van der Waals surface area contributed by atoms with Crippen molar-refractivity contribution in [2.45, 2.75) is 215 Å². The van der Waals surface area contributed by atoms with Gasteiger partial charge in [0.1, 0.15) is 60.7 Å². The lowest BCUT2D eigenvalue weighted by Crippen LogP contribution is -2.65. The lowest BCUT2D eigenvalue weighted by Gasteiger charge is -2.65. The maximum atomic E-state index is 12.5. The molecule has 0 amide bonds. The van der Waals surface area contributed by atoms with Gasteiger partial charge in [-0.05, 0) is 117 Å². The third kappa shape index (κ3) is 7.40. The molecule has 8 rings (SSSR count). The number of aliphatic hydroxyl groups excluding tert-OH is 11. The lowest BCUT2D eigenvalue weighted by atomic mass is 9.41. The van der Waals surface area contributed by atoms with E-state index in [0.29, 0.717) is 38.4 Å². The van der Waals surface area contributed by atoms with Crippen LogP contribution in [0.4, 0.5) is 0 Å². The van der Waals surface area contributed by atoms with Gasteiger partial charge in [-0.15, -0.1) is 0 Å². The third-order valence-corrected chi connectivity index (χ3v) is 19.5. The quantitative estimate of drug-likeness (QED) is 0.0768. The van der Waals surface area contributed by atoms with Gasteiger partial charge in [0, 0.05) is 12.3 Å². The molecular formula is C47H78O18. The van der Waals surface area contributed by atoms with Crippen LogP contribution in [-0.4, -0.2) is 192 Å². The number of carbonyl (C=O) groups is 1. The largest absolute Gasteiger partial charge is 0.394 e. The Hall–Kier alpha value is -1.01. The van der Waals surface area contributed by atoms with E-state index >= 15 is 0 Å². The molecule has 3 aliphatic heterocycles. The predicted molar refractivity (Wildman–Crippen MR) is 226 cm³/mol. The van der Waals surface area contributed by atoms with E-state index < -0.39 is 141 Å². The number of rotatable bonds is 14. The zero-order valence-corrected chi connectivity index (χ0v) is 39.1. The van der Waals surface area contributed by atoms with E-state index in [2.05, 4.69) is 34.6 Å². The molecule has 0 aromatic rings. The molecule has 0 aromatic carbocycles. The van der Waals surface area contributed by atoms with Crippen LogP contribution in [0.25, 0.3) is 0 Å². The van der Waals surface area contributed by atoms with Gasteiger partial charge < -0.3 is 89.4 Å². The van der Waals surface area contributed by atoms with Crippen molar-refractivity contribution in [3.8, 4) is 0 Å². The molecule has 22 unspecified atom stereocenters. The molecule has 8 aliphatic rings. The normalized spacial score (nSPS) is 52.9. The number of ether oxygens (including phenoxy) is 6. The molecule has 11 N–H and O–H groups in total. The minimum absolute atomic E-state index is 0.0881. The first-order valence-corrected chi connectivity index (χ1v) is 24.0. The number of aliphatic hydroxyl groups is 11. The van der Waals surface area contributed by atoms with Gasteiger partial charge in [-0.1, -0.05) is 27.7 Å². The molecule has 18 heteroatoms. The van der Waals surface area contributed by atoms with Crippen LogP contribution >= 0.6 is 0 Å². The summed E-state index contributed by atoms with van der Waals surface area (Å²) < 4.78 is 37.8. The highest BCUT2D eigenvalue weighted by Crippen LogP contribution is 2.89. The van der Waals surface area contributed by atoms with Crippen molar-refractivity contribution in [2.24, 2.45) is 44.8 Å². The molecule has 374 valence electrons. The molecule has 3 saturated heterocycles. The van der Waals surface area contributed by atoms with Crippen molar-refractivity contribution >= 4 is 6.29 Å². The Morgan fingerprint density at radius 2 is 1.31 bits per heavy atom. The van der Waals surface area contributed by atoms with Crippen LogP contribution in [0.1, 0.15) is 113 Å². The molecule has 2 spiro atoms. The maximum Gasteiger partial charge on any atom is 0.187 e. The Kier molecular flexibility index (Phi) is 13.3. The maximum absolute atomic E-state index is 12.5. The van der Waals surface area contributed by atoms with Gasteiger partial charge in [0.2, 0.25) is 0 Å². The monoisotopic (exact) mass is 931 g/mol. The number of fused-ring (bicyclic) bond motifs is 2. The molecule has 5 saturated carbocycles. The van der Waals surface area contributed by atoms with Crippen LogP contribution in [0.2, 0.25) is 0 Å². The Morgan fingerprint density at radius 3 is 1.92 bits per heavy atom. The third-order valence-electron chi connectivity index (χ3n) is 19.5. The van der Waals surface area contributed by atoms with Gasteiger partial charge in [0.05, 0.1) is 62.0 Å². The van der Waals surface area contributed by atoms with Crippen LogP contribution < -0.4 is 0 Å². The minimum Gasteiger partial charge on any atom is -0.394 e. The van der Waals surface area contributed by atoms with Crippen molar-refractivity contribution in [3.63, 3.8) is 0 Å². The summed E-state index contributed by atoms with van der Waals surface area (Å²) in [6.07, 6.45) is -10.5. The first kappa shape index (κ1) is 50.4. The van der Waals surface area contributed by atoms with Crippen molar-refractivity contribution in [1.82, 2.24) is 0 Å². The molecule has 3 heterocycles. The smallest absolute Gasteiger partial charge is 0.187 e. The lowest BCUT2D eigenvalue weighted by molar-refractivity contribution is -0.351. The average molecular weight is 931 g/mol. The Bertz CT molecular complexity index is 1730.